The molecule has 5 heteroatoms. The smallest absolute Gasteiger partial charge is 0.261 e. The molecule has 0 aromatic heterocycles. The van der Waals surface area contributed by atoms with Crippen molar-refractivity contribution in [3.8, 4) is 5.75 Å². The Labute approximate surface area is 197 Å². The van der Waals surface area contributed by atoms with E-state index in [0.717, 1.165) is 5.75 Å². The Bertz CT molecular complexity index is 992. The lowest BCUT2D eigenvalue weighted by molar-refractivity contribution is -0.140. The Morgan fingerprint density at radius 2 is 1.30 bits per heavy atom. The number of aliphatic hydroxyl groups is 1. The van der Waals surface area contributed by atoms with Crippen LogP contribution in [0.2, 0.25) is 5.04 Å². The molecule has 0 saturated carbocycles. The Morgan fingerprint density at radius 3 is 1.82 bits per heavy atom. The van der Waals surface area contributed by atoms with Crippen LogP contribution >= 0.6 is 0 Å². The molecule has 0 bridgehead atoms. The lowest BCUT2D eigenvalue weighted by Gasteiger charge is -2.44. The number of hydrogen-bond acceptors (Lipinski definition) is 4. The molecule has 0 amide bonds. The highest BCUT2D eigenvalue weighted by Gasteiger charge is 2.50. The van der Waals surface area contributed by atoms with Crippen molar-refractivity contribution in [1.29, 1.82) is 0 Å². The Balaban J connectivity index is 1.61. The fourth-order valence-electron chi connectivity index (χ4n) is 4.43. The van der Waals surface area contributed by atoms with Crippen LogP contribution in [0.1, 0.15) is 20.8 Å². The maximum atomic E-state index is 10.7. The maximum absolute atomic E-state index is 10.7. The zero-order valence-corrected chi connectivity index (χ0v) is 20.4. The van der Waals surface area contributed by atoms with E-state index in [0.29, 0.717) is 0 Å². The highest BCUT2D eigenvalue weighted by Crippen LogP contribution is 2.37. The van der Waals surface area contributed by atoms with Crippen LogP contribution in [0.5, 0.6) is 5.75 Å². The van der Waals surface area contributed by atoms with Gasteiger partial charge in [-0.3, -0.25) is 0 Å². The summed E-state index contributed by atoms with van der Waals surface area (Å²) in [5.74, 6) is 0.718. The van der Waals surface area contributed by atoms with E-state index < -0.39 is 26.8 Å². The van der Waals surface area contributed by atoms with Crippen molar-refractivity contribution in [3.63, 3.8) is 0 Å². The highest BCUT2D eigenvalue weighted by atomic mass is 28.4. The molecule has 0 fully saturated rings. The van der Waals surface area contributed by atoms with Gasteiger partial charge in [-0.15, -0.1) is 0 Å². The second kappa shape index (κ2) is 10.1. The number of hydrogen-bond donors (Lipinski definition) is 1. The largest absolute Gasteiger partial charge is 0.461 e. The van der Waals surface area contributed by atoms with Crippen LogP contribution in [0.15, 0.2) is 103 Å². The summed E-state index contributed by atoms with van der Waals surface area (Å²) >= 11 is 0. The molecular weight excluding hydrogens is 428 g/mol. The minimum Gasteiger partial charge on any atom is -0.461 e. The summed E-state index contributed by atoms with van der Waals surface area (Å²) in [5, 5.41) is 12.9. The second-order valence-electron chi connectivity index (χ2n) is 9.32. The van der Waals surface area contributed by atoms with Gasteiger partial charge < -0.3 is 19.0 Å². The first-order chi connectivity index (χ1) is 15.9. The van der Waals surface area contributed by atoms with Crippen LogP contribution in [0, 0.1) is 0 Å². The van der Waals surface area contributed by atoms with Crippen LogP contribution in [0.25, 0.3) is 0 Å². The molecule has 1 aliphatic heterocycles. The molecule has 33 heavy (non-hydrogen) atoms. The minimum absolute atomic E-state index is 0.148. The van der Waals surface area contributed by atoms with Crippen LogP contribution in [0.4, 0.5) is 0 Å². The Hall–Kier alpha value is -2.70. The summed E-state index contributed by atoms with van der Waals surface area (Å²) in [4.78, 5) is 0. The molecule has 3 aromatic rings. The summed E-state index contributed by atoms with van der Waals surface area (Å²) in [5.41, 5.74) is 0. The van der Waals surface area contributed by atoms with E-state index in [2.05, 4.69) is 69.3 Å². The summed E-state index contributed by atoms with van der Waals surface area (Å²) < 4.78 is 19.0. The van der Waals surface area contributed by atoms with Gasteiger partial charge in [-0.05, 0) is 33.6 Å². The molecule has 1 aliphatic rings. The SMILES string of the molecule is CC(C)(C)[Si](OC[C@H]1O[C@H](Oc2ccccc2)C=C[C@H]1O)(c1ccccc1)c1ccccc1. The molecular formula is C28H32O4Si. The molecule has 0 aliphatic carbocycles. The third-order valence-electron chi connectivity index (χ3n) is 6.03. The molecule has 3 aromatic carbocycles. The van der Waals surface area contributed by atoms with Crippen molar-refractivity contribution in [3.05, 3.63) is 103 Å². The first-order valence-electron chi connectivity index (χ1n) is 11.4. The zero-order valence-electron chi connectivity index (χ0n) is 19.4. The van der Waals surface area contributed by atoms with E-state index in [1.807, 2.05) is 42.5 Å². The van der Waals surface area contributed by atoms with Crippen LogP contribution < -0.4 is 15.1 Å². The molecule has 4 nitrogen and oxygen atoms in total. The average molecular weight is 461 g/mol. The lowest BCUT2D eigenvalue weighted by Crippen LogP contribution is -2.67. The van der Waals surface area contributed by atoms with E-state index in [1.54, 1.807) is 12.2 Å². The topological polar surface area (TPSA) is 47.9 Å². The molecule has 0 spiro atoms. The fourth-order valence-corrected chi connectivity index (χ4v) is 9.00. The number of ether oxygens (including phenoxy) is 2. The zero-order chi connectivity index (χ0) is 23.3. The van der Waals surface area contributed by atoms with Gasteiger partial charge in [-0.1, -0.05) is 106 Å². The number of benzene rings is 3. The van der Waals surface area contributed by atoms with Crippen molar-refractivity contribution in [2.75, 3.05) is 6.61 Å². The van der Waals surface area contributed by atoms with Gasteiger partial charge in [-0.2, -0.15) is 0 Å². The van der Waals surface area contributed by atoms with E-state index in [-0.39, 0.29) is 11.6 Å². The standard InChI is InChI=1S/C28H32O4Si/c1-28(2,3)33(23-15-9-5-10-16-23,24-17-11-6-12-18-24)30-21-26-25(29)19-20-27(32-26)31-22-13-7-4-8-14-22/h4-20,25-27,29H,21H2,1-3H3/t25-,26-,27+/m1/s1. The third kappa shape index (κ3) is 5.12. The fraction of sp³-hybridized carbons (Fsp3) is 0.286. The summed E-state index contributed by atoms with van der Waals surface area (Å²) in [6.45, 7) is 6.96. The minimum atomic E-state index is -2.72. The molecule has 0 saturated heterocycles. The van der Waals surface area contributed by atoms with E-state index in [9.17, 15) is 5.11 Å². The normalized spacial score (nSPS) is 21.0. The van der Waals surface area contributed by atoms with Gasteiger partial charge in [0, 0.05) is 0 Å². The Morgan fingerprint density at radius 1 is 0.788 bits per heavy atom. The molecule has 3 atom stereocenters. The third-order valence-corrected chi connectivity index (χ3v) is 11.0. The predicted molar refractivity (Wildman–Crippen MR) is 134 cm³/mol. The van der Waals surface area contributed by atoms with Crippen LogP contribution in [0.3, 0.4) is 0 Å². The van der Waals surface area contributed by atoms with Crippen molar-refractivity contribution < 1.29 is 19.0 Å². The van der Waals surface area contributed by atoms with Gasteiger partial charge in [0.25, 0.3) is 8.32 Å². The van der Waals surface area contributed by atoms with Gasteiger partial charge in [-0.25, -0.2) is 0 Å². The molecule has 0 radical (unpaired) electrons. The van der Waals surface area contributed by atoms with Crippen LogP contribution in [-0.2, 0) is 9.16 Å². The van der Waals surface area contributed by atoms with Gasteiger partial charge in [0.1, 0.15) is 18.0 Å². The van der Waals surface area contributed by atoms with Crippen molar-refractivity contribution in [2.24, 2.45) is 0 Å². The molecule has 1 heterocycles. The second-order valence-corrected chi connectivity index (χ2v) is 13.6. The quantitative estimate of drug-likeness (QED) is 0.422. The van der Waals surface area contributed by atoms with Crippen molar-refractivity contribution in [2.45, 2.75) is 44.3 Å². The predicted octanol–water partition coefficient (Wildman–Crippen LogP) is 4.28. The van der Waals surface area contributed by atoms with E-state index in [4.69, 9.17) is 13.9 Å². The molecule has 172 valence electrons. The monoisotopic (exact) mass is 460 g/mol. The maximum Gasteiger partial charge on any atom is 0.261 e. The average Bonchev–Trinajstić information content (AvgIpc) is 2.82. The number of aliphatic hydroxyl groups excluding tert-OH is 1. The first kappa shape index (κ1) is 23.5. The molecule has 4 rings (SSSR count). The van der Waals surface area contributed by atoms with Crippen LogP contribution in [-0.4, -0.2) is 38.5 Å². The van der Waals surface area contributed by atoms with Crippen molar-refractivity contribution in [1.82, 2.24) is 0 Å². The van der Waals surface area contributed by atoms with Gasteiger partial charge in [0.2, 0.25) is 6.29 Å². The van der Waals surface area contributed by atoms with Gasteiger partial charge in [0.15, 0.2) is 0 Å². The van der Waals surface area contributed by atoms with E-state index in [1.165, 1.54) is 10.4 Å². The van der Waals surface area contributed by atoms with E-state index >= 15 is 0 Å². The van der Waals surface area contributed by atoms with Crippen molar-refractivity contribution >= 4 is 18.7 Å². The molecule has 1 N–H and O–H groups in total. The summed E-state index contributed by atoms with van der Waals surface area (Å²) in [7, 11) is -2.72. The van der Waals surface area contributed by atoms with Gasteiger partial charge >= 0.3 is 0 Å². The lowest BCUT2D eigenvalue weighted by atomic mass is 10.1. The van der Waals surface area contributed by atoms with Gasteiger partial charge in [0.05, 0.1) is 6.61 Å². The molecule has 0 unspecified atom stereocenters. The Kier molecular flexibility index (Phi) is 7.15. The first-order valence-corrected chi connectivity index (χ1v) is 13.3. The highest BCUT2D eigenvalue weighted by molar-refractivity contribution is 6.99. The summed E-state index contributed by atoms with van der Waals surface area (Å²) in [6.07, 6.45) is 1.60. The number of rotatable bonds is 7. The summed E-state index contributed by atoms with van der Waals surface area (Å²) in [6, 6.07) is 30.5. The number of para-hydroxylation sites is 1.